The summed E-state index contributed by atoms with van der Waals surface area (Å²) in [6, 6.07) is 15.8. The van der Waals surface area contributed by atoms with Gasteiger partial charge in [0.15, 0.2) is 5.96 Å². The van der Waals surface area contributed by atoms with Crippen LogP contribution < -0.4 is 15.8 Å². The highest BCUT2D eigenvalue weighted by Crippen LogP contribution is 2.18. The Morgan fingerprint density at radius 2 is 1.81 bits per heavy atom. The molecule has 5 heteroatoms. The number of ether oxygens (including phenoxy) is 1. The molecule has 2 aromatic carbocycles. The number of nitrogens with two attached hydrogens (primary N) is 1. The van der Waals surface area contributed by atoms with Crippen molar-refractivity contribution in [3.8, 4) is 5.75 Å². The molecule has 0 aromatic heterocycles. The Morgan fingerprint density at radius 1 is 1.14 bits per heavy atom. The van der Waals surface area contributed by atoms with Crippen LogP contribution in [0.2, 0.25) is 0 Å². The lowest BCUT2D eigenvalue weighted by molar-refractivity contribution is 0.410. The van der Waals surface area contributed by atoms with Gasteiger partial charge in [0, 0.05) is 11.3 Å². The fraction of sp³-hybridized carbons (Fsp3) is 0.188. The summed E-state index contributed by atoms with van der Waals surface area (Å²) >= 11 is 0. The SMILES string of the molecule is COc1ccccc1CN=C(N)Nc1ccc(C)cc1.I. The summed E-state index contributed by atoms with van der Waals surface area (Å²) in [6.07, 6.45) is 0. The molecule has 4 nitrogen and oxygen atoms in total. The second-order valence-electron chi connectivity index (χ2n) is 4.50. The molecule has 112 valence electrons. The van der Waals surface area contributed by atoms with Crippen molar-refractivity contribution in [3.63, 3.8) is 0 Å². The van der Waals surface area contributed by atoms with Gasteiger partial charge < -0.3 is 15.8 Å². The molecule has 0 saturated heterocycles. The highest BCUT2D eigenvalue weighted by atomic mass is 127. The molecule has 0 fully saturated rings. The molecule has 0 aliphatic heterocycles. The molecule has 21 heavy (non-hydrogen) atoms. The van der Waals surface area contributed by atoms with Crippen molar-refractivity contribution in [3.05, 3.63) is 59.7 Å². The first-order valence-corrected chi connectivity index (χ1v) is 6.44. The highest BCUT2D eigenvalue weighted by molar-refractivity contribution is 14.0. The third kappa shape index (κ3) is 5.26. The number of para-hydroxylation sites is 1. The number of aryl methyl sites for hydroxylation is 1. The maximum absolute atomic E-state index is 5.88. The molecule has 0 radical (unpaired) electrons. The summed E-state index contributed by atoms with van der Waals surface area (Å²) in [5.41, 5.74) is 9.02. The Balaban J connectivity index is 0.00000220. The standard InChI is InChI=1S/C16H19N3O.HI/c1-12-7-9-14(10-8-12)19-16(17)18-11-13-5-3-4-6-15(13)20-2;/h3-10H,11H2,1-2H3,(H3,17,18,19);1H. The minimum atomic E-state index is 0. The number of benzene rings is 2. The largest absolute Gasteiger partial charge is 0.496 e. The monoisotopic (exact) mass is 397 g/mol. The van der Waals surface area contributed by atoms with E-state index < -0.39 is 0 Å². The minimum Gasteiger partial charge on any atom is -0.496 e. The molecular weight excluding hydrogens is 377 g/mol. The van der Waals surface area contributed by atoms with E-state index in [1.807, 2.05) is 55.5 Å². The Hall–Kier alpha value is -1.76. The minimum absolute atomic E-state index is 0. The van der Waals surface area contributed by atoms with Gasteiger partial charge in [-0.1, -0.05) is 35.9 Å². The van der Waals surface area contributed by atoms with Crippen molar-refractivity contribution in [2.75, 3.05) is 12.4 Å². The van der Waals surface area contributed by atoms with Gasteiger partial charge in [-0.15, -0.1) is 24.0 Å². The van der Waals surface area contributed by atoms with Gasteiger partial charge in [-0.3, -0.25) is 0 Å². The first kappa shape index (κ1) is 17.3. The molecular formula is C16H20IN3O. The molecule has 0 amide bonds. The van der Waals surface area contributed by atoms with E-state index in [9.17, 15) is 0 Å². The summed E-state index contributed by atoms with van der Waals surface area (Å²) in [5.74, 6) is 1.21. The molecule has 0 aliphatic carbocycles. The predicted octanol–water partition coefficient (Wildman–Crippen LogP) is 3.55. The zero-order valence-corrected chi connectivity index (χ0v) is 14.5. The highest BCUT2D eigenvalue weighted by Gasteiger charge is 2.01. The van der Waals surface area contributed by atoms with Gasteiger partial charge in [0.05, 0.1) is 13.7 Å². The Kier molecular flexibility index (Phi) is 7.01. The van der Waals surface area contributed by atoms with Crippen LogP contribution in [-0.2, 0) is 6.54 Å². The van der Waals surface area contributed by atoms with Gasteiger partial charge in [0.25, 0.3) is 0 Å². The van der Waals surface area contributed by atoms with Crippen LogP contribution in [0.3, 0.4) is 0 Å². The number of anilines is 1. The number of guanidine groups is 1. The maximum atomic E-state index is 5.88. The molecule has 0 atom stereocenters. The van der Waals surface area contributed by atoms with Gasteiger partial charge >= 0.3 is 0 Å². The van der Waals surface area contributed by atoms with Gasteiger partial charge in [-0.25, -0.2) is 4.99 Å². The van der Waals surface area contributed by atoms with Crippen LogP contribution in [0.15, 0.2) is 53.5 Å². The fourth-order valence-corrected chi connectivity index (χ4v) is 1.83. The zero-order valence-electron chi connectivity index (χ0n) is 12.2. The van der Waals surface area contributed by atoms with Crippen molar-refractivity contribution in [1.82, 2.24) is 0 Å². The summed E-state index contributed by atoms with van der Waals surface area (Å²) in [6.45, 7) is 2.53. The second kappa shape index (κ2) is 8.51. The average Bonchev–Trinajstić information content (AvgIpc) is 2.48. The number of aliphatic imine (C=N–C) groups is 1. The van der Waals surface area contributed by atoms with Crippen LogP contribution in [0.5, 0.6) is 5.75 Å². The third-order valence-electron chi connectivity index (χ3n) is 2.94. The number of hydrogen-bond donors (Lipinski definition) is 2. The molecule has 0 saturated carbocycles. The molecule has 0 aliphatic rings. The number of methoxy groups -OCH3 is 1. The van der Waals surface area contributed by atoms with E-state index in [4.69, 9.17) is 10.5 Å². The third-order valence-corrected chi connectivity index (χ3v) is 2.94. The molecule has 2 rings (SSSR count). The van der Waals surface area contributed by atoms with Crippen LogP contribution in [-0.4, -0.2) is 13.1 Å². The van der Waals surface area contributed by atoms with Crippen LogP contribution in [0, 0.1) is 6.92 Å². The normalized spacial score (nSPS) is 10.7. The van der Waals surface area contributed by atoms with Crippen molar-refractivity contribution in [2.45, 2.75) is 13.5 Å². The van der Waals surface area contributed by atoms with E-state index in [1.165, 1.54) is 5.56 Å². The van der Waals surface area contributed by atoms with Crippen LogP contribution in [0.4, 0.5) is 5.69 Å². The Labute approximate surface area is 142 Å². The number of nitrogens with one attached hydrogen (secondary N) is 1. The van der Waals surface area contributed by atoms with Crippen molar-refractivity contribution in [1.29, 1.82) is 0 Å². The first-order chi connectivity index (χ1) is 9.69. The van der Waals surface area contributed by atoms with E-state index in [2.05, 4.69) is 10.3 Å². The van der Waals surface area contributed by atoms with Crippen molar-refractivity contribution in [2.24, 2.45) is 10.7 Å². The molecule has 0 spiro atoms. The van der Waals surface area contributed by atoms with Crippen LogP contribution >= 0.6 is 24.0 Å². The Bertz CT molecular complexity index is 597. The average molecular weight is 397 g/mol. The summed E-state index contributed by atoms with van der Waals surface area (Å²) in [7, 11) is 1.65. The lowest BCUT2D eigenvalue weighted by Crippen LogP contribution is -2.22. The Morgan fingerprint density at radius 3 is 2.48 bits per heavy atom. The zero-order chi connectivity index (χ0) is 14.4. The smallest absolute Gasteiger partial charge is 0.193 e. The van der Waals surface area contributed by atoms with E-state index in [0.717, 1.165) is 17.0 Å². The molecule has 0 unspecified atom stereocenters. The van der Waals surface area contributed by atoms with Crippen molar-refractivity contribution < 1.29 is 4.74 Å². The molecule has 0 bridgehead atoms. The summed E-state index contributed by atoms with van der Waals surface area (Å²) < 4.78 is 5.28. The quantitative estimate of drug-likeness (QED) is 0.471. The van der Waals surface area contributed by atoms with Gasteiger partial charge in [-0.05, 0) is 25.1 Å². The number of rotatable bonds is 4. The van der Waals surface area contributed by atoms with E-state index in [0.29, 0.717) is 12.5 Å². The first-order valence-electron chi connectivity index (χ1n) is 6.44. The van der Waals surface area contributed by atoms with Gasteiger partial charge in [0.2, 0.25) is 0 Å². The van der Waals surface area contributed by atoms with Crippen LogP contribution in [0.25, 0.3) is 0 Å². The predicted molar refractivity (Wildman–Crippen MR) is 98.5 cm³/mol. The molecule has 0 heterocycles. The van der Waals surface area contributed by atoms with Gasteiger partial charge in [-0.2, -0.15) is 0 Å². The van der Waals surface area contributed by atoms with Crippen molar-refractivity contribution >= 4 is 35.6 Å². The lowest BCUT2D eigenvalue weighted by Gasteiger charge is -2.08. The van der Waals surface area contributed by atoms with Gasteiger partial charge in [0.1, 0.15) is 5.75 Å². The fourth-order valence-electron chi connectivity index (χ4n) is 1.83. The number of nitrogens with zero attached hydrogens (tertiary/aromatic N) is 1. The summed E-state index contributed by atoms with van der Waals surface area (Å²) in [4.78, 5) is 4.32. The second-order valence-corrected chi connectivity index (χ2v) is 4.50. The molecule has 2 aromatic rings. The van der Waals surface area contributed by atoms with E-state index >= 15 is 0 Å². The van der Waals surface area contributed by atoms with E-state index in [1.54, 1.807) is 7.11 Å². The topological polar surface area (TPSA) is 59.6 Å². The number of halogens is 1. The summed E-state index contributed by atoms with van der Waals surface area (Å²) in [5, 5.41) is 3.06. The molecule has 3 N–H and O–H groups in total. The number of hydrogen-bond acceptors (Lipinski definition) is 2. The maximum Gasteiger partial charge on any atom is 0.193 e. The van der Waals surface area contributed by atoms with Crippen LogP contribution in [0.1, 0.15) is 11.1 Å². The lowest BCUT2D eigenvalue weighted by atomic mass is 10.2. The van der Waals surface area contributed by atoms with E-state index in [-0.39, 0.29) is 24.0 Å².